The number of ether oxygens (including phenoxy) is 1. The molecule has 0 aliphatic carbocycles. The van der Waals surface area contributed by atoms with Gasteiger partial charge in [-0.2, -0.15) is 5.26 Å². The van der Waals surface area contributed by atoms with Crippen LogP contribution < -0.4 is 0 Å². The molecular formula is C30H29N2O2P. The number of amides is 1. The van der Waals surface area contributed by atoms with Crippen molar-refractivity contribution in [2.75, 3.05) is 20.3 Å². The van der Waals surface area contributed by atoms with Crippen LogP contribution in [0.1, 0.15) is 38.7 Å². The Hall–Kier alpha value is -3.51. The van der Waals surface area contributed by atoms with Gasteiger partial charge in [-0.3, -0.25) is 4.79 Å². The highest BCUT2D eigenvalue weighted by molar-refractivity contribution is 7.42. The van der Waals surface area contributed by atoms with E-state index in [1.807, 2.05) is 48.5 Å². The van der Waals surface area contributed by atoms with Gasteiger partial charge in [0.1, 0.15) is 6.10 Å². The monoisotopic (exact) mass is 480 g/mol. The lowest BCUT2D eigenvalue weighted by Crippen LogP contribution is -2.21. The number of carbonyl (C=O) groups excluding carboxylic acids is 1. The number of hydrogen-bond acceptors (Lipinski definition) is 3. The number of benzene rings is 3. The van der Waals surface area contributed by atoms with E-state index >= 15 is 0 Å². The Kier molecular flexibility index (Phi) is 7.93. The molecule has 0 radical (unpaired) electrons. The van der Waals surface area contributed by atoms with Crippen LogP contribution in [0.2, 0.25) is 0 Å². The van der Waals surface area contributed by atoms with Gasteiger partial charge in [-0.15, -0.1) is 0 Å². The summed E-state index contributed by atoms with van der Waals surface area (Å²) in [6.07, 6.45) is 5.14. The Labute approximate surface area is 209 Å². The summed E-state index contributed by atoms with van der Waals surface area (Å²) in [5.74, 6) is 2.24. The van der Waals surface area contributed by atoms with E-state index in [1.54, 1.807) is 19.0 Å². The van der Waals surface area contributed by atoms with Gasteiger partial charge in [-0.25, -0.2) is 0 Å². The van der Waals surface area contributed by atoms with Crippen molar-refractivity contribution in [1.82, 2.24) is 4.90 Å². The molecule has 2 unspecified atom stereocenters. The number of nitriles is 1. The number of aryl methyl sites for hydroxylation is 1. The SMILES string of the molecule is Cc1ccccc1-c1cc(C(OCc2ccc(C(=O)N(C)C)cc2)C2=CPCC=C2)ccc1C#N. The van der Waals surface area contributed by atoms with Gasteiger partial charge < -0.3 is 9.64 Å². The zero-order chi connectivity index (χ0) is 24.8. The molecule has 1 amide bonds. The van der Waals surface area contributed by atoms with Gasteiger partial charge in [0, 0.05) is 25.2 Å². The third-order valence-electron chi connectivity index (χ3n) is 6.04. The lowest BCUT2D eigenvalue weighted by molar-refractivity contribution is 0.0663. The number of carbonyl (C=O) groups is 1. The molecule has 4 nitrogen and oxygen atoms in total. The van der Waals surface area contributed by atoms with E-state index in [0.717, 1.165) is 48.1 Å². The fourth-order valence-corrected chi connectivity index (χ4v) is 4.99. The number of rotatable bonds is 7. The summed E-state index contributed by atoms with van der Waals surface area (Å²) in [4.78, 5) is 13.8. The van der Waals surface area contributed by atoms with Gasteiger partial charge in [-0.05, 0) is 65.2 Å². The first-order valence-corrected chi connectivity index (χ1v) is 12.9. The molecule has 4 rings (SSSR count). The molecule has 1 aliphatic heterocycles. The van der Waals surface area contributed by atoms with Crippen LogP contribution in [-0.2, 0) is 11.3 Å². The molecule has 1 heterocycles. The normalized spacial score (nSPS) is 14.3. The van der Waals surface area contributed by atoms with E-state index < -0.39 is 0 Å². The van der Waals surface area contributed by atoms with Gasteiger partial charge in [0.15, 0.2) is 0 Å². The maximum absolute atomic E-state index is 12.2. The summed E-state index contributed by atoms with van der Waals surface area (Å²) in [5, 5.41) is 9.77. The van der Waals surface area contributed by atoms with E-state index in [9.17, 15) is 10.1 Å². The molecule has 176 valence electrons. The zero-order valence-corrected chi connectivity index (χ0v) is 21.3. The van der Waals surface area contributed by atoms with Crippen LogP contribution in [0.15, 0.2) is 90.3 Å². The van der Waals surface area contributed by atoms with Crippen molar-refractivity contribution >= 4 is 14.5 Å². The predicted octanol–water partition coefficient (Wildman–Crippen LogP) is 6.63. The first-order valence-electron chi connectivity index (χ1n) is 11.6. The quantitative estimate of drug-likeness (QED) is 0.357. The van der Waals surface area contributed by atoms with Crippen LogP contribution in [0.5, 0.6) is 0 Å². The van der Waals surface area contributed by atoms with Gasteiger partial charge in [-0.1, -0.05) is 69.0 Å². The molecule has 0 fully saturated rings. The molecule has 0 spiro atoms. The number of allylic oxidation sites excluding steroid dienone is 1. The third kappa shape index (κ3) is 5.77. The van der Waals surface area contributed by atoms with Gasteiger partial charge in [0.25, 0.3) is 5.91 Å². The highest BCUT2D eigenvalue weighted by atomic mass is 31.1. The van der Waals surface area contributed by atoms with Crippen molar-refractivity contribution in [1.29, 1.82) is 5.26 Å². The van der Waals surface area contributed by atoms with Crippen molar-refractivity contribution in [2.45, 2.75) is 19.6 Å². The second kappa shape index (κ2) is 11.3. The van der Waals surface area contributed by atoms with E-state index in [0.29, 0.717) is 17.7 Å². The summed E-state index contributed by atoms with van der Waals surface area (Å²) in [6.45, 7) is 2.48. The van der Waals surface area contributed by atoms with E-state index in [1.165, 1.54) is 0 Å². The Balaban J connectivity index is 1.65. The Bertz CT molecular complexity index is 1320. The van der Waals surface area contributed by atoms with Crippen LogP contribution >= 0.6 is 8.58 Å². The van der Waals surface area contributed by atoms with Crippen molar-refractivity contribution in [3.05, 3.63) is 118 Å². The molecule has 3 aromatic rings. The molecule has 0 N–H and O–H groups in total. The summed E-state index contributed by atoms with van der Waals surface area (Å²) in [5.41, 5.74) is 7.57. The van der Waals surface area contributed by atoms with Crippen LogP contribution in [0.4, 0.5) is 0 Å². The first kappa shape index (κ1) is 24.6. The molecule has 5 heteroatoms. The molecule has 35 heavy (non-hydrogen) atoms. The highest BCUT2D eigenvalue weighted by Gasteiger charge is 2.20. The predicted molar refractivity (Wildman–Crippen MR) is 144 cm³/mol. The maximum atomic E-state index is 12.2. The molecule has 0 aromatic heterocycles. The fraction of sp³-hybridized carbons (Fsp3) is 0.200. The standard InChI is InChI=1S/C30H29N2O2P/c1-21-7-4-5-9-27(21)28-17-24(14-15-25(28)18-31)29(26-8-6-16-35-20-26)34-19-22-10-12-23(13-11-22)30(33)32(2)3/h4-15,17,20,29,35H,16,19H2,1-3H3. The van der Waals surface area contributed by atoms with Crippen LogP contribution in [0.25, 0.3) is 11.1 Å². The third-order valence-corrected chi connectivity index (χ3v) is 7.05. The molecule has 0 saturated heterocycles. The lowest BCUT2D eigenvalue weighted by Gasteiger charge is -2.23. The second-order valence-electron chi connectivity index (χ2n) is 8.77. The molecular weight excluding hydrogens is 451 g/mol. The summed E-state index contributed by atoms with van der Waals surface area (Å²) in [7, 11) is 4.22. The number of nitrogens with zero attached hydrogens (tertiary/aromatic N) is 2. The minimum absolute atomic E-state index is 0.0184. The van der Waals surface area contributed by atoms with Crippen LogP contribution in [-0.4, -0.2) is 31.1 Å². The summed E-state index contributed by atoms with van der Waals surface area (Å²) < 4.78 is 6.50. The Morgan fingerprint density at radius 1 is 1.09 bits per heavy atom. The maximum Gasteiger partial charge on any atom is 0.253 e. The van der Waals surface area contributed by atoms with Crippen molar-refractivity contribution in [3.8, 4) is 17.2 Å². The average Bonchev–Trinajstić information content (AvgIpc) is 2.89. The zero-order valence-electron chi connectivity index (χ0n) is 20.3. The number of hydrogen-bond donors (Lipinski definition) is 0. The topological polar surface area (TPSA) is 53.3 Å². The van der Waals surface area contributed by atoms with Gasteiger partial charge >= 0.3 is 0 Å². The summed E-state index contributed by atoms with van der Waals surface area (Å²) >= 11 is 0. The van der Waals surface area contributed by atoms with E-state index in [2.05, 4.69) is 49.2 Å². The minimum Gasteiger partial charge on any atom is -0.364 e. The second-order valence-corrected chi connectivity index (χ2v) is 9.88. The summed E-state index contributed by atoms with van der Waals surface area (Å²) in [6, 6.07) is 24.0. The fourth-order valence-electron chi connectivity index (χ4n) is 4.14. The van der Waals surface area contributed by atoms with Crippen LogP contribution in [0.3, 0.4) is 0 Å². The van der Waals surface area contributed by atoms with Crippen molar-refractivity contribution in [2.24, 2.45) is 0 Å². The highest BCUT2D eigenvalue weighted by Crippen LogP contribution is 2.37. The molecule has 1 aliphatic rings. The van der Waals surface area contributed by atoms with E-state index in [4.69, 9.17) is 4.74 Å². The first-order chi connectivity index (χ1) is 17.0. The average molecular weight is 481 g/mol. The van der Waals surface area contributed by atoms with Gasteiger partial charge in [0.2, 0.25) is 0 Å². The Morgan fingerprint density at radius 2 is 1.86 bits per heavy atom. The smallest absolute Gasteiger partial charge is 0.253 e. The lowest BCUT2D eigenvalue weighted by atomic mass is 9.92. The molecule has 0 bridgehead atoms. The Morgan fingerprint density at radius 3 is 2.51 bits per heavy atom. The van der Waals surface area contributed by atoms with Crippen molar-refractivity contribution in [3.63, 3.8) is 0 Å². The van der Waals surface area contributed by atoms with Crippen molar-refractivity contribution < 1.29 is 9.53 Å². The molecule has 0 saturated carbocycles. The van der Waals surface area contributed by atoms with E-state index in [-0.39, 0.29) is 12.0 Å². The van der Waals surface area contributed by atoms with Gasteiger partial charge in [0.05, 0.1) is 18.2 Å². The van der Waals surface area contributed by atoms with Crippen LogP contribution in [0, 0.1) is 18.3 Å². The molecule has 2 atom stereocenters. The largest absolute Gasteiger partial charge is 0.364 e. The minimum atomic E-state index is -0.252. The molecule has 3 aromatic carbocycles.